The van der Waals surface area contributed by atoms with Crippen LogP contribution in [0.25, 0.3) is 0 Å². The molecule has 2 heterocycles. The van der Waals surface area contributed by atoms with E-state index in [1.165, 1.54) is 16.9 Å². The van der Waals surface area contributed by atoms with Crippen molar-refractivity contribution in [3.63, 3.8) is 0 Å². The van der Waals surface area contributed by atoms with Crippen LogP contribution in [0.1, 0.15) is 34.2 Å². The first-order chi connectivity index (χ1) is 9.28. The molecular formula is C15H14N2S2. The van der Waals surface area contributed by atoms with Gasteiger partial charge in [-0.25, -0.2) is 4.99 Å². The van der Waals surface area contributed by atoms with Gasteiger partial charge >= 0.3 is 0 Å². The van der Waals surface area contributed by atoms with Crippen LogP contribution in [0.15, 0.2) is 22.5 Å². The Morgan fingerprint density at radius 3 is 3.16 bits per heavy atom. The summed E-state index contributed by atoms with van der Waals surface area (Å²) in [4.78, 5) is 7.03. The van der Waals surface area contributed by atoms with Gasteiger partial charge in [0.2, 0.25) is 0 Å². The second-order valence-corrected chi connectivity index (χ2v) is 6.98. The molecule has 4 heteroatoms. The van der Waals surface area contributed by atoms with Gasteiger partial charge < -0.3 is 0 Å². The van der Waals surface area contributed by atoms with Gasteiger partial charge in [0.1, 0.15) is 11.1 Å². The van der Waals surface area contributed by atoms with Crippen molar-refractivity contribution in [2.24, 2.45) is 10.9 Å². The summed E-state index contributed by atoms with van der Waals surface area (Å²) in [5, 5.41) is 12.3. The van der Waals surface area contributed by atoms with Crippen LogP contribution in [0.2, 0.25) is 0 Å². The zero-order valence-corrected chi connectivity index (χ0v) is 12.4. The molecule has 2 aromatic rings. The van der Waals surface area contributed by atoms with Crippen molar-refractivity contribution in [1.82, 2.24) is 0 Å². The first kappa shape index (κ1) is 12.6. The van der Waals surface area contributed by atoms with E-state index in [2.05, 4.69) is 18.0 Å². The van der Waals surface area contributed by atoms with Gasteiger partial charge in [-0.1, -0.05) is 13.0 Å². The van der Waals surface area contributed by atoms with E-state index in [-0.39, 0.29) is 0 Å². The Bertz CT molecular complexity index is 644. The van der Waals surface area contributed by atoms with Gasteiger partial charge in [0, 0.05) is 16.0 Å². The maximum Gasteiger partial charge on any atom is 0.134 e. The second-order valence-electron chi connectivity index (χ2n) is 4.92. The van der Waals surface area contributed by atoms with Crippen LogP contribution in [-0.2, 0) is 12.8 Å². The molecule has 3 rings (SSSR count). The molecule has 0 bridgehead atoms. The molecule has 0 N–H and O–H groups in total. The third kappa shape index (κ3) is 2.49. The van der Waals surface area contributed by atoms with Crippen LogP contribution in [-0.4, -0.2) is 6.21 Å². The summed E-state index contributed by atoms with van der Waals surface area (Å²) in [6.45, 7) is 2.28. The van der Waals surface area contributed by atoms with Crippen LogP contribution in [0, 0.1) is 17.2 Å². The lowest BCUT2D eigenvalue weighted by Gasteiger charge is -2.17. The van der Waals surface area contributed by atoms with Gasteiger partial charge in [0.25, 0.3) is 0 Å². The van der Waals surface area contributed by atoms with Gasteiger partial charge in [0.05, 0.1) is 5.56 Å². The smallest absolute Gasteiger partial charge is 0.134 e. The third-order valence-corrected chi connectivity index (χ3v) is 5.43. The number of rotatable bonds is 2. The quantitative estimate of drug-likeness (QED) is 0.746. The van der Waals surface area contributed by atoms with Crippen LogP contribution in [0.5, 0.6) is 0 Å². The molecule has 0 aromatic carbocycles. The Balaban J connectivity index is 1.96. The minimum atomic E-state index is 0.729. The lowest BCUT2D eigenvalue weighted by atomic mass is 9.89. The van der Waals surface area contributed by atoms with Crippen molar-refractivity contribution in [3.05, 3.63) is 38.4 Å². The predicted octanol–water partition coefficient (Wildman–Crippen LogP) is 4.56. The highest BCUT2D eigenvalue weighted by Gasteiger charge is 2.23. The molecule has 2 nitrogen and oxygen atoms in total. The van der Waals surface area contributed by atoms with E-state index < -0.39 is 0 Å². The van der Waals surface area contributed by atoms with Gasteiger partial charge in [-0.05, 0) is 42.2 Å². The zero-order valence-electron chi connectivity index (χ0n) is 10.7. The average molecular weight is 286 g/mol. The molecule has 0 aliphatic heterocycles. The highest BCUT2D eigenvalue weighted by molar-refractivity contribution is 7.16. The van der Waals surface area contributed by atoms with Crippen molar-refractivity contribution in [1.29, 1.82) is 5.26 Å². The van der Waals surface area contributed by atoms with E-state index in [9.17, 15) is 5.26 Å². The fourth-order valence-electron chi connectivity index (χ4n) is 2.43. The lowest BCUT2D eigenvalue weighted by Crippen LogP contribution is -2.09. The fraction of sp³-hybridized carbons (Fsp3) is 0.333. The number of nitrogens with zero attached hydrogens (tertiary/aromatic N) is 2. The number of aliphatic imine (C=N–C) groups is 1. The molecule has 0 unspecified atom stereocenters. The molecule has 0 spiro atoms. The normalized spacial score (nSPS) is 18.4. The van der Waals surface area contributed by atoms with Crippen LogP contribution in [0.3, 0.4) is 0 Å². The molecule has 0 fully saturated rings. The van der Waals surface area contributed by atoms with Gasteiger partial charge in [-0.15, -0.1) is 22.7 Å². The van der Waals surface area contributed by atoms with Gasteiger partial charge in [-0.2, -0.15) is 5.26 Å². The average Bonchev–Trinajstić information content (AvgIpc) is 3.02. The van der Waals surface area contributed by atoms with E-state index >= 15 is 0 Å². The first-order valence-electron chi connectivity index (χ1n) is 6.40. The minimum Gasteiger partial charge on any atom is -0.243 e. The largest absolute Gasteiger partial charge is 0.243 e. The molecule has 0 amide bonds. The van der Waals surface area contributed by atoms with Gasteiger partial charge in [-0.3, -0.25) is 0 Å². The van der Waals surface area contributed by atoms with E-state index in [1.807, 2.05) is 23.7 Å². The lowest BCUT2D eigenvalue weighted by molar-refractivity contribution is 0.507. The molecule has 1 aliphatic carbocycles. The molecule has 0 saturated heterocycles. The summed E-state index contributed by atoms with van der Waals surface area (Å²) >= 11 is 3.36. The Kier molecular flexibility index (Phi) is 3.50. The predicted molar refractivity (Wildman–Crippen MR) is 81.8 cm³/mol. The summed E-state index contributed by atoms with van der Waals surface area (Å²) in [7, 11) is 0. The Morgan fingerprint density at radius 1 is 1.53 bits per heavy atom. The molecule has 0 saturated carbocycles. The van der Waals surface area contributed by atoms with Crippen molar-refractivity contribution in [3.8, 4) is 6.07 Å². The first-order valence-corrected chi connectivity index (χ1v) is 8.09. The van der Waals surface area contributed by atoms with E-state index in [0.29, 0.717) is 0 Å². The van der Waals surface area contributed by atoms with Crippen molar-refractivity contribution >= 4 is 33.9 Å². The number of nitriles is 1. The number of fused-ring (bicyclic) bond motifs is 1. The fourth-order valence-corrected chi connectivity index (χ4v) is 4.32. The topological polar surface area (TPSA) is 36.1 Å². The van der Waals surface area contributed by atoms with E-state index in [0.717, 1.165) is 34.2 Å². The van der Waals surface area contributed by atoms with Crippen LogP contribution in [0.4, 0.5) is 5.00 Å². The Hall–Kier alpha value is -1.44. The minimum absolute atomic E-state index is 0.729. The van der Waals surface area contributed by atoms with Gasteiger partial charge in [0.15, 0.2) is 0 Å². The molecular weight excluding hydrogens is 272 g/mol. The highest BCUT2D eigenvalue weighted by Crippen LogP contribution is 2.40. The van der Waals surface area contributed by atoms with Crippen molar-refractivity contribution < 1.29 is 0 Å². The maximum absolute atomic E-state index is 9.37. The SMILES string of the molecule is C[C@@H]1CCc2c(sc(N=Cc3cccs3)c2C#N)C1. The summed E-state index contributed by atoms with van der Waals surface area (Å²) in [5.41, 5.74) is 2.06. The number of hydrogen-bond donors (Lipinski definition) is 0. The molecule has 96 valence electrons. The van der Waals surface area contributed by atoms with Crippen molar-refractivity contribution in [2.45, 2.75) is 26.2 Å². The van der Waals surface area contributed by atoms with E-state index in [4.69, 9.17) is 0 Å². The van der Waals surface area contributed by atoms with Crippen LogP contribution < -0.4 is 0 Å². The summed E-state index contributed by atoms with van der Waals surface area (Å²) < 4.78 is 0. The number of thiophene rings is 2. The van der Waals surface area contributed by atoms with E-state index in [1.54, 1.807) is 22.7 Å². The monoisotopic (exact) mass is 286 g/mol. The molecule has 0 radical (unpaired) electrons. The zero-order chi connectivity index (χ0) is 13.2. The molecule has 1 atom stereocenters. The third-order valence-electron chi connectivity index (χ3n) is 3.46. The summed E-state index contributed by atoms with van der Waals surface area (Å²) in [6, 6.07) is 6.40. The second kappa shape index (κ2) is 5.28. The number of hydrogen-bond acceptors (Lipinski definition) is 4. The standard InChI is InChI=1S/C15H14N2S2/c1-10-4-5-12-13(8-16)15(19-14(12)7-10)17-9-11-3-2-6-18-11/h2-3,6,9-10H,4-5,7H2,1H3/t10-/m1/s1. The maximum atomic E-state index is 9.37. The Morgan fingerprint density at radius 2 is 2.42 bits per heavy atom. The highest BCUT2D eigenvalue weighted by atomic mass is 32.1. The summed E-state index contributed by atoms with van der Waals surface area (Å²) in [6.07, 6.45) is 5.19. The van der Waals surface area contributed by atoms with Crippen LogP contribution >= 0.6 is 22.7 Å². The summed E-state index contributed by atoms with van der Waals surface area (Å²) in [5.74, 6) is 0.729. The Labute approximate surface area is 121 Å². The van der Waals surface area contributed by atoms with Crippen molar-refractivity contribution in [2.75, 3.05) is 0 Å². The molecule has 1 aliphatic rings. The molecule has 19 heavy (non-hydrogen) atoms. The molecule has 2 aromatic heterocycles.